The van der Waals surface area contributed by atoms with Crippen LogP contribution in [0.1, 0.15) is 37.7 Å². The molecule has 0 aromatic heterocycles. The highest BCUT2D eigenvalue weighted by Crippen LogP contribution is 2.40. The molecule has 2 N–H and O–H groups in total. The van der Waals surface area contributed by atoms with E-state index in [9.17, 15) is 0 Å². The monoisotopic (exact) mass is 291 g/mol. The van der Waals surface area contributed by atoms with Gasteiger partial charge in [-0.2, -0.15) is 0 Å². The largest absolute Gasteiger partial charge is 0.356 e. The van der Waals surface area contributed by atoms with Crippen molar-refractivity contribution < 1.29 is 0 Å². The van der Waals surface area contributed by atoms with Crippen molar-refractivity contribution in [1.29, 1.82) is 0 Å². The van der Waals surface area contributed by atoms with Crippen LogP contribution in [-0.2, 0) is 5.41 Å². The molecule has 0 spiro atoms. The lowest BCUT2D eigenvalue weighted by Crippen LogP contribution is -2.46. The fraction of sp³-hybridized carbons (Fsp3) is 0.562. The van der Waals surface area contributed by atoms with E-state index in [0.717, 1.165) is 37.0 Å². The molecule has 1 heterocycles. The minimum atomic E-state index is 0.242. The Bertz CT molecular complexity index is 475. The second kappa shape index (κ2) is 6.04. The van der Waals surface area contributed by atoms with Crippen LogP contribution in [0.2, 0.25) is 5.02 Å². The number of benzene rings is 1. The zero-order valence-electron chi connectivity index (χ0n) is 11.8. The average molecular weight is 292 g/mol. The van der Waals surface area contributed by atoms with Crippen LogP contribution in [0.3, 0.4) is 0 Å². The van der Waals surface area contributed by atoms with E-state index in [1.54, 1.807) is 0 Å². The Morgan fingerprint density at radius 2 is 1.90 bits per heavy atom. The van der Waals surface area contributed by atoms with Gasteiger partial charge in [0.1, 0.15) is 0 Å². The van der Waals surface area contributed by atoms with E-state index in [1.165, 1.54) is 31.2 Å². The van der Waals surface area contributed by atoms with Crippen LogP contribution >= 0.6 is 11.6 Å². The van der Waals surface area contributed by atoms with E-state index in [0.29, 0.717) is 0 Å². The van der Waals surface area contributed by atoms with Crippen LogP contribution in [0.4, 0.5) is 0 Å². The normalized spacial score (nSPS) is 21.1. The summed E-state index contributed by atoms with van der Waals surface area (Å²) in [5.41, 5.74) is 1.65. The fourth-order valence-electron chi connectivity index (χ4n) is 3.33. The lowest BCUT2D eigenvalue weighted by Gasteiger charge is -2.31. The highest BCUT2D eigenvalue weighted by Gasteiger charge is 2.35. The molecule has 0 bridgehead atoms. The molecule has 1 aliphatic heterocycles. The summed E-state index contributed by atoms with van der Waals surface area (Å²) in [6.45, 7) is 2.92. The Balaban J connectivity index is 1.74. The van der Waals surface area contributed by atoms with Crippen LogP contribution in [-0.4, -0.2) is 25.6 Å². The fourth-order valence-corrected chi connectivity index (χ4v) is 3.45. The standard InChI is InChI=1S/C16H22ClN3/c17-14-6-4-13(5-7-14)16(8-1-2-9-16)12-20-15-18-10-3-11-19-15/h4-7H,1-3,8-12H2,(H2,18,19,20). The molecule has 2 aliphatic rings. The summed E-state index contributed by atoms with van der Waals surface area (Å²) in [6, 6.07) is 8.39. The van der Waals surface area contributed by atoms with Crippen molar-refractivity contribution in [2.75, 3.05) is 19.6 Å². The van der Waals surface area contributed by atoms with Gasteiger partial charge in [0.05, 0.1) is 0 Å². The number of aliphatic imine (C=N–C) groups is 1. The van der Waals surface area contributed by atoms with Crippen molar-refractivity contribution in [3.8, 4) is 0 Å². The molecule has 20 heavy (non-hydrogen) atoms. The van der Waals surface area contributed by atoms with Crippen molar-refractivity contribution in [3.05, 3.63) is 34.9 Å². The predicted molar refractivity (Wildman–Crippen MR) is 84.5 cm³/mol. The Hall–Kier alpha value is -1.22. The third kappa shape index (κ3) is 2.93. The zero-order chi connectivity index (χ0) is 13.8. The van der Waals surface area contributed by atoms with Gasteiger partial charge < -0.3 is 10.6 Å². The molecule has 0 atom stereocenters. The van der Waals surface area contributed by atoms with E-state index in [-0.39, 0.29) is 5.41 Å². The highest BCUT2D eigenvalue weighted by atomic mass is 35.5. The van der Waals surface area contributed by atoms with Crippen molar-refractivity contribution in [2.24, 2.45) is 4.99 Å². The van der Waals surface area contributed by atoms with Crippen LogP contribution in [0.5, 0.6) is 0 Å². The topological polar surface area (TPSA) is 36.4 Å². The first-order valence-corrected chi connectivity index (χ1v) is 7.95. The second-order valence-electron chi connectivity index (χ2n) is 5.86. The van der Waals surface area contributed by atoms with E-state index < -0.39 is 0 Å². The van der Waals surface area contributed by atoms with Gasteiger partial charge in [0.25, 0.3) is 0 Å². The third-order valence-corrected chi connectivity index (χ3v) is 4.76. The second-order valence-corrected chi connectivity index (χ2v) is 6.29. The van der Waals surface area contributed by atoms with Gasteiger partial charge >= 0.3 is 0 Å². The summed E-state index contributed by atoms with van der Waals surface area (Å²) >= 11 is 6.02. The number of hydrogen-bond donors (Lipinski definition) is 2. The minimum absolute atomic E-state index is 0.242. The maximum atomic E-state index is 6.02. The van der Waals surface area contributed by atoms with Crippen LogP contribution < -0.4 is 10.6 Å². The SMILES string of the molecule is Clc1ccc(C2(CNC3=NCCCN3)CCCC2)cc1. The average Bonchev–Trinajstić information content (AvgIpc) is 2.97. The lowest BCUT2D eigenvalue weighted by atomic mass is 9.79. The van der Waals surface area contributed by atoms with E-state index >= 15 is 0 Å². The summed E-state index contributed by atoms with van der Waals surface area (Å²) in [4.78, 5) is 4.50. The molecular weight excluding hydrogens is 270 g/mol. The molecule has 1 aliphatic carbocycles. The first kappa shape index (κ1) is 13.7. The summed E-state index contributed by atoms with van der Waals surface area (Å²) in [5, 5.41) is 7.68. The maximum absolute atomic E-state index is 6.02. The molecule has 1 aromatic rings. The summed E-state index contributed by atoms with van der Waals surface area (Å²) in [5.74, 6) is 0.969. The number of hydrogen-bond acceptors (Lipinski definition) is 3. The molecule has 0 saturated heterocycles. The lowest BCUT2D eigenvalue weighted by molar-refractivity contribution is 0.430. The molecule has 1 saturated carbocycles. The zero-order valence-corrected chi connectivity index (χ0v) is 12.5. The molecule has 3 nitrogen and oxygen atoms in total. The van der Waals surface area contributed by atoms with Crippen LogP contribution in [0.25, 0.3) is 0 Å². The predicted octanol–water partition coefficient (Wildman–Crippen LogP) is 3.09. The molecular formula is C16H22ClN3. The minimum Gasteiger partial charge on any atom is -0.356 e. The smallest absolute Gasteiger partial charge is 0.191 e. The first-order chi connectivity index (χ1) is 9.78. The molecule has 0 amide bonds. The van der Waals surface area contributed by atoms with E-state index in [4.69, 9.17) is 11.6 Å². The quantitative estimate of drug-likeness (QED) is 0.898. The molecule has 3 rings (SSSR count). The number of halogens is 1. The van der Waals surface area contributed by atoms with Gasteiger partial charge in [0.2, 0.25) is 0 Å². The van der Waals surface area contributed by atoms with Gasteiger partial charge in [-0.05, 0) is 37.0 Å². The van der Waals surface area contributed by atoms with Gasteiger partial charge in [0.15, 0.2) is 5.96 Å². The first-order valence-electron chi connectivity index (χ1n) is 7.57. The van der Waals surface area contributed by atoms with Crippen molar-refractivity contribution in [2.45, 2.75) is 37.5 Å². The molecule has 1 aromatic carbocycles. The van der Waals surface area contributed by atoms with E-state index in [2.05, 4.69) is 27.8 Å². The van der Waals surface area contributed by atoms with Gasteiger partial charge in [0, 0.05) is 30.1 Å². The van der Waals surface area contributed by atoms with Crippen molar-refractivity contribution in [1.82, 2.24) is 10.6 Å². The van der Waals surface area contributed by atoms with Crippen molar-refractivity contribution in [3.63, 3.8) is 0 Å². The number of nitrogens with one attached hydrogen (secondary N) is 2. The Morgan fingerprint density at radius 3 is 2.55 bits per heavy atom. The number of nitrogens with zero attached hydrogens (tertiary/aromatic N) is 1. The summed E-state index contributed by atoms with van der Waals surface area (Å²) < 4.78 is 0. The van der Waals surface area contributed by atoms with Gasteiger partial charge in [-0.1, -0.05) is 36.6 Å². The van der Waals surface area contributed by atoms with Crippen molar-refractivity contribution >= 4 is 17.6 Å². The van der Waals surface area contributed by atoms with Gasteiger partial charge in [-0.3, -0.25) is 4.99 Å². The van der Waals surface area contributed by atoms with E-state index in [1.807, 2.05) is 12.1 Å². The Labute approximate surface area is 125 Å². The molecule has 0 radical (unpaired) electrons. The molecule has 1 fully saturated rings. The Kier molecular flexibility index (Phi) is 4.16. The van der Waals surface area contributed by atoms with Gasteiger partial charge in [-0.25, -0.2) is 0 Å². The maximum Gasteiger partial charge on any atom is 0.191 e. The van der Waals surface area contributed by atoms with Crippen LogP contribution in [0.15, 0.2) is 29.3 Å². The Morgan fingerprint density at radius 1 is 1.15 bits per heavy atom. The van der Waals surface area contributed by atoms with Gasteiger partial charge in [-0.15, -0.1) is 0 Å². The van der Waals surface area contributed by atoms with Crippen LogP contribution in [0, 0.1) is 0 Å². The summed E-state index contributed by atoms with van der Waals surface area (Å²) in [7, 11) is 0. The number of rotatable bonds is 3. The number of guanidine groups is 1. The molecule has 0 unspecified atom stereocenters. The molecule has 108 valence electrons. The third-order valence-electron chi connectivity index (χ3n) is 4.51. The summed E-state index contributed by atoms with van der Waals surface area (Å²) in [6.07, 6.45) is 6.24. The molecule has 4 heteroatoms. The highest BCUT2D eigenvalue weighted by molar-refractivity contribution is 6.30.